The molecule has 6 rings (SSSR count). The van der Waals surface area contributed by atoms with Gasteiger partial charge in [-0.05, 0) is 74.5 Å². The van der Waals surface area contributed by atoms with Crippen LogP contribution in [-0.4, -0.2) is 33.1 Å². The smallest absolute Gasteiger partial charge is 0.226 e. The van der Waals surface area contributed by atoms with E-state index in [4.69, 9.17) is 0 Å². The van der Waals surface area contributed by atoms with Gasteiger partial charge in [0, 0.05) is 30.8 Å². The van der Waals surface area contributed by atoms with Crippen molar-refractivity contribution in [2.45, 2.75) is 44.9 Å². The fourth-order valence-electron chi connectivity index (χ4n) is 6.09. The first-order valence-corrected chi connectivity index (χ1v) is 10.6. The fourth-order valence-corrected chi connectivity index (χ4v) is 6.09. The SMILES string of the molecule is O=C(CCNC(=O)C12CC3CC(CC(C3)C1)C2)Nc1ccc(-n2cccn2)nc1. The zero-order valence-electron chi connectivity index (χ0n) is 16.5. The number of carbonyl (C=O) groups is 2. The molecular formula is C22H27N5O2. The number of anilines is 1. The third kappa shape index (κ3) is 3.66. The number of hydrogen-bond donors (Lipinski definition) is 2. The van der Waals surface area contributed by atoms with Gasteiger partial charge in [-0.15, -0.1) is 0 Å². The third-order valence-electron chi connectivity index (χ3n) is 6.93. The summed E-state index contributed by atoms with van der Waals surface area (Å²) in [5, 5.41) is 10.0. The molecule has 2 N–H and O–H groups in total. The topological polar surface area (TPSA) is 88.9 Å². The maximum atomic E-state index is 12.9. The van der Waals surface area contributed by atoms with E-state index in [0.29, 0.717) is 18.1 Å². The Morgan fingerprint density at radius 1 is 1.10 bits per heavy atom. The zero-order valence-corrected chi connectivity index (χ0v) is 16.5. The lowest BCUT2D eigenvalue weighted by molar-refractivity contribution is -0.146. The van der Waals surface area contributed by atoms with Gasteiger partial charge in [0.05, 0.1) is 11.9 Å². The Hall–Kier alpha value is -2.70. The van der Waals surface area contributed by atoms with Gasteiger partial charge in [0.25, 0.3) is 0 Å². The van der Waals surface area contributed by atoms with Crippen LogP contribution in [0.2, 0.25) is 0 Å². The first kappa shape index (κ1) is 18.3. The van der Waals surface area contributed by atoms with Gasteiger partial charge < -0.3 is 10.6 Å². The minimum atomic E-state index is -0.155. The number of hydrogen-bond acceptors (Lipinski definition) is 4. The molecule has 0 atom stereocenters. The molecule has 2 amide bonds. The first-order chi connectivity index (χ1) is 14.1. The Kier molecular flexibility index (Phi) is 4.60. The molecular weight excluding hydrogens is 366 g/mol. The fraction of sp³-hybridized carbons (Fsp3) is 0.545. The van der Waals surface area contributed by atoms with Crippen molar-refractivity contribution in [2.75, 3.05) is 11.9 Å². The maximum absolute atomic E-state index is 12.9. The average Bonchev–Trinajstić information content (AvgIpc) is 3.22. The van der Waals surface area contributed by atoms with Crippen molar-refractivity contribution in [3.63, 3.8) is 0 Å². The summed E-state index contributed by atoms with van der Waals surface area (Å²) in [6.45, 7) is 0.380. The Morgan fingerprint density at radius 3 is 2.41 bits per heavy atom. The number of rotatable bonds is 6. The first-order valence-electron chi connectivity index (χ1n) is 10.6. The number of pyridine rings is 1. The van der Waals surface area contributed by atoms with E-state index < -0.39 is 0 Å². The predicted octanol–water partition coefficient (Wildman–Crippen LogP) is 2.93. The van der Waals surface area contributed by atoms with E-state index in [2.05, 4.69) is 20.7 Å². The molecule has 4 fully saturated rings. The Bertz CT molecular complexity index is 855. The van der Waals surface area contributed by atoms with Crippen molar-refractivity contribution in [3.8, 4) is 5.82 Å². The lowest BCUT2D eigenvalue weighted by Gasteiger charge is -2.55. The molecule has 4 aliphatic carbocycles. The van der Waals surface area contributed by atoms with Gasteiger partial charge in [-0.2, -0.15) is 5.10 Å². The largest absolute Gasteiger partial charge is 0.355 e. The van der Waals surface area contributed by atoms with Crippen molar-refractivity contribution < 1.29 is 9.59 Å². The van der Waals surface area contributed by atoms with Crippen LogP contribution in [0.4, 0.5) is 5.69 Å². The molecule has 0 aromatic carbocycles. The molecule has 0 radical (unpaired) electrons. The molecule has 152 valence electrons. The van der Waals surface area contributed by atoms with Crippen LogP contribution < -0.4 is 10.6 Å². The number of carbonyl (C=O) groups excluding carboxylic acids is 2. The molecule has 7 heteroatoms. The Morgan fingerprint density at radius 2 is 1.83 bits per heavy atom. The molecule has 2 heterocycles. The van der Waals surface area contributed by atoms with E-state index in [0.717, 1.165) is 37.0 Å². The summed E-state index contributed by atoms with van der Waals surface area (Å²) in [6.07, 6.45) is 12.5. The van der Waals surface area contributed by atoms with Gasteiger partial charge in [0.2, 0.25) is 11.8 Å². The predicted molar refractivity (Wildman–Crippen MR) is 108 cm³/mol. The molecule has 2 aromatic rings. The summed E-state index contributed by atoms with van der Waals surface area (Å²) in [5.74, 6) is 2.97. The lowest BCUT2D eigenvalue weighted by Crippen LogP contribution is -2.53. The molecule has 0 spiro atoms. The van der Waals surface area contributed by atoms with E-state index in [9.17, 15) is 9.59 Å². The zero-order chi connectivity index (χ0) is 19.8. The number of nitrogens with zero attached hydrogens (tertiary/aromatic N) is 3. The molecule has 29 heavy (non-hydrogen) atoms. The van der Waals surface area contributed by atoms with Crippen molar-refractivity contribution in [1.29, 1.82) is 0 Å². The average molecular weight is 393 g/mol. The summed E-state index contributed by atoms with van der Waals surface area (Å²) in [6, 6.07) is 5.43. The highest BCUT2D eigenvalue weighted by atomic mass is 16.2. The second kappa shape index (κ2) is 7.28. The molecule has 0 aliphatic heterocycles. The van der Waals surface area contributed by atoms with Crippen LogP contribution in [0.15, 0.2) is 36.8 Å². The summed E-state index contributed by atoms with van der Waals surface area (Å²) in [7, 11) is 0. The normalized spacial score (nSPS) is 29.6. The van der Waals surface area contributed by atoms with Gasteiger partial charge in [0.15, 0.2) is 5.82 Å². The number of nitrogens with one attached hydrogen (secondary N) is 2. The van der Waals surface area contributed by atoms with Gasteiger partial charge in [-0.1, -0.05) is 0 Å². The van der Waals surface area contributed by atoms with Crippen molar-refractivity contribution >= 4 is 17.5 Å². The Balaban J connectivity index is 1.10. The van der Waals surface area contributed by atoms with Crippen LogP contribution >= 0.6 is 0 Å². The molecule has 2 aromatic heterocycles. The van der Waals surface area contributed by atoms with Gasteiger partial charge in [0.1, 0.15) is 0 Å². The van der Waals surface area contributed by atoms with E-state index in [1.165, 1.54) is 19.3 Å². The minimum absolute atomic E-state index is 0.121. The van der Waals surface area contributed by atoms with Crippen molar-refractivity contribution in [3.05, 3.63) is 36.8 Å². The molecule has 4 bridgehead atoms. The molecule has 0 saturated heterocycles. The number of aromatic nitrogens is 3. The molecule has 7 nitrogen and oxygen atoms in total. The van der Waals surface area contributed by atoms with E-state index in [1.54, 1.807) is 29.2 Å². The molecule has 0 unspecified atom stereocenters. The standard InChI is InChI=1S/C22H27N5O2/c28-20(26-18-2-3-19(24-14-18)27-7-1-5-25-27)4-6-23-21(29)22-11-15-8-16(12-22)10-17(9-15)13-22/h1-3,5,7,14-17H,4,6,8-13H2,(H,23,29)(H,26,28). The quantitative estimate of drug-likeness (QED) is 0.790. The van der Waals surface area contributed by atoms with Crippen LogP contribution in [0.25, 0.3) is 5.82 Å². The lowest BCUT2D eigenvalue weighted by atomic mass is 9.49. The van der Waals surface area contributed by atoms with Crippen molar-refractivity contribution in [1.82, 2.24) is 20.1 Å². The summed E-state index contributed by atoms with van der Waals surface area (Å²) in [5.41, 5.74) is 0.482. The van der Waals surface area contributed by atoms with Gasteiger partial charge in [-0.25, -0.2) is 9.67 Å². The minimum Gasteiger partial charge on any atom is -0.355 e. The van der Waals surface area contributed by atoms with Crippen LogP contribution in [0.5, 0.6) is 0 Å². The third-order valence-corrected chi connectivity index (χ3v) is 6.93. The van der Waals surface area contributed by atoms with Gasteiger partial charge in [-0.3, -0.25) is 9.59 Å². The van der Waals surface area contributed by atoms with Crippen LogP contribution in [0, 0.1) is 23.2 Å². The highest BCUT2D eigenvalue weighted by molar-refractivity contribution is 5.91. The second-order valence-electron chi connectivity index (χ2n) is 9.11. The van der Waals surface area contributed by atoms with E-state index in [-0.39, 0.29) is 23.7 Å². The summed E-state index contributed by atoms with van der Waals surface area (Å²) >= 11 is 0. The summed E-state index contributed by atoms with van der Waals surface area (Å²) in [4.78, 5) is 29.5. The monoisotopic (exact) mass is 393 g/mol. The molecule has 4 aliphatic rings. The number of amides is 2. The highest BCUT2D eigenvalue weighted by Gasteiger charge is 2.54. The van der Waals surface area contributed by atoms with Gasteiger partial charge >= 0.3 is 0 Å². The van der Waals surface area contributed by atoms with E-state index in [1.807, 2.05) is 12.3 Å². The summed E-state index contributed by atoms with van der Waals surface area (Å²) < 4.78 is 1.66. The highest BCUT2D eigenvalue weighted by Crippen LogP contribution is 2.60. The maximum Gasteiger partial charge on any atom is 0.226 e. The Labute approximate surface area is 170 Å². The van der Waals surface area contributed by atoms with Crippen molar-refractivity contribution in [2.24, 2.45) is 23.2 Å². The van der Waals surface area contributed by atoms with Crippen LogP contribution in [0.1, 0.15) is 44.9 Å². The van der Waals surface area contributed by atoms with E-state index >= 15 is 0 Å². The van der Waals surface area contributed by atoms with Crippen LogP contribution in [-0.2, 0) is 9.59 Å². The van der Waals surface area contributed by atoms with Crippen LogP contribution in [0.3, 0.4) is 0 Å². The molecule has 4 saturated carbocycles. The second-order valence-corrected chi connectivity index (χ2v) is 9.11.